The maximum Gasteiger partial charge on any atom is 0.128 e. The molecule has 0 aliphatic rings. The van der Waals surface area contributed by atoms with Crippen molar-refractivity contribution in [1.82, 2.24) is 10.2 Å². The Labute approximate surface area is 126 Å². The van der Waals surface area contributed by atoms with E-state index >= 15 is 0 Å². The smallest absolute Gasteiger partial charge is 0.128 e. The molecule has 0 spiro atoms. The SMILES string of the molecule is CCN(CC)CCNCC(O)COCc1ccccc1F. The van der Waals surface area contributed by atoms with Crippen LogP contribution in [-0.2, 0) is 11.3 Å². The molecule has 0 aliphatic carbocycles. The third-order valence-electron chi connectivity index (χ3n) is 3.40. The zero-order chi connectivity index (χ0) is 15.5. The van der Waals surface area contributed by atoms with Crippen LogP contribution in [0.4, 0.5) is 4.39 Å². The summed E-state index contributed by atoms with van der Waals surface area (Å²) in [7, 11) is 0. The molecule has 21 heavy (non-hydrogen) atoms. The first-order valence-corrected chi connectivity index (χ1v) is 7.59. The van der Waals surface area contributed by atoms with E-state index in [1.165, 1.54) is 6.07 Å². The number of nitrogens with one attached hydrogen (secondary N) is 1. The van der Waals surface area contributed by atoms with Gasteiger partial charge in [0.1, 0.15) is 5.82 Å². The molecule has 0 saturated carbocycles. The van der Waals surface area contributed by atoms with E-state index < -0.39 is 6.10 Å². The Bertz CT molecular complexity index is 386. The lowest BCUT2D eigenvalue weighted by atomic mass is 10.2. The van der Waals surface area contributed by atoms with Crippen molar-refractivity contribution in [2.45, 2.75) is 26.6 Å². The Morgan fingerprint density at radius 3 is 2.67 bits per heavy atom. The molecule has 0 heterocycles. The lowest BCUT2D eigenvalue weighted by molar-refractivity contribution is 0.0277. The highest BCUT2D eigenvalue weighted by molar-refractivity contribution is 5.16. The van der Waals surface area contributed by atoms with Crippen molar-refractivity contribution < 1.29 is 14.2 Å². The molecule has 1 rings (SSSR count). The summed E-state index contributed by atoms with van der Waals surface area (Å²) >= 11 is 0. The molecule has 1 aromatic carbocycles. The van der Waals surface area contributed by atoms with E-state index in [4.69, 9.17) is 4.74 Å². The largest absolute Gasteiger partial charge is 0.389 e. The van der Waals surface area contributed by atoms with Gasteiger partial charge in [0.2, 0.25) is 0 Å². The van der Waals surface area contributed by atoms with Crippen molar-refractivity contribution in [3.8, 4) is 0 Å². The normalized spacial score (nSPS) is 12.8. The van der Waals surface area contributed by atoms with Gasteiger partial charge in [-0.2, -0.15) is 0 Å². The molecule has 0 radical (unpaired) electrons. The summed E-state index contributed by atoms with van der Waals surface area (Å²) in [4.78, 5) is 2.31. The van der Waals surface area contributed by atoms with Gasteiger partial charge >= 0.3 is 0 Å². The molecule has 0 bridgehead atoms. The lowest BCUT2D eigenvalue weighted by Gasteiger charge is -2.19. The standard InChI is InChI=1S/C16H27FN2O2/c1-3-19(4-2)10-9-18-11-15(20)13-21-12-14-7-5-6-8-16(14)17/h5-8,15,18,20H,3-4,9-13H2,1-2H3. The van der Waals surface area contributed by atoms with Gasteiger partial charge in [-0.15, -0.1) is 0 Å². The van der Waals surface area contributed by atoms with Gasteiger partial charge in [0, 0.05) is 25.2 Å². The van der Waals surface area contributed by atoms with Crippen molar-refractivity contribution in [3.63, 3.8) is 0 Å². The van der Waals surface area contributed by atoms with Crippen LogP contribution in [0.1, 0.15) is 19.4 Å². The van der Waals surface area contributed by atoms with Crippen LogP contribution in [0, 0.1) is 5.82 Å². The minimum Gasteiger partial charge on any atom is -0.389 e. The number of nitrogens with zero attached hydrogens (tertiary/aromatic N) is 1. The summed E-state index contributed by atoms with van der Waals surface area (Å²) in [5.74, 6) is -0.274. The molecule has 1 unspecified atom stereocenters. The average molecular weight is 298 g/mol. The summed E-state index contributed by atoms with van der Waals surface area (Å²) < 4.78 is 18.7. The van der Waals surface area contributed by atoms with Crippen LogP contribution in [-0.4, -0.2) is 55.4 Å². The van der Waals surface area contributed by atoms with Crippen LogP contribution in [0.15, 0.2) is 24.3 Å². The van der Waals surface area contributed by atoms with Gasteiger partial charge in [-0.1, -0.05) is 32.0 Å². The van der Waals surface area contributed by atoms with E-state index in [1.807, 2.05) is 0 Å². The Hall–Kier alpha value is -1.01. The second kappa shape index (κ2) is 10.7. The fourth-order valence-corrected chi connectivity index (χ4v) is 2.02. The van der Waals surface area contributed by atoms with Crippen LogP contribution in [0.3, 0.4) is 0 Å². The van der Waals surface area contributed by atoms with Gasteiger partial charge in [-0.25, -0.2) is 4.39 Å². The summed E-state index contributed by atoms with van der Waals surface area (Å²) in [6, 6.07) is 6.51. The second-order valence-electron chi connectivity index (χ2n) is 4.99. The first-order chi connectivity index (χ1) is 10.2. The quantitative estimate of drug-likeness (QED) is 0.610. The van der Waals surface area contributed by atoms with Crippen LogP contribution < -0.4 is 5.32 Å². The zero-order valence-corrected chi connectivity index (χ0v) is 13.0. The topological polar surface area (TPSA) is 44.7 Å². The first-order valence-electron chi connectivity index (χ1n) is 7.59. The van der Waals surface area contributed by atoms with Crippen LogP contribution in [0.25, 0.3) is 0 Å². The fourth-order valence-electron chi connectivity index (χ4n) is 2.02. The Morgan fingerprint density at radius 2 is 2.00 bits per heavy atom. The lowest BCUT2D eigenvalue weighted by Crippen LogP contribution is -2.36. The number of rotatable bonds is 11. The van der Waals surface area contributed by atoms with Crippen LogP contribution >= 0.6 is 0 Å². The molecule has 1 atom stereocenters. The van der Waals surface area contributed by atoms with E-state index in [1.54, 1.807) is 18.2 Å². The van der Waals surface area contributed by atoms with Gasteiger partial charge in [-0.3, -0.25) is 0 Å². The summed E-state index contributed by atoms with van der Waals surface area (Å²) in [5, 5.41) is 13.0. The molecular formula is C16H27FN2O2. The fraction of sp³-hybridized carbons (Fsp3) is 0.625. The molecule has 5 heteroatoms. The molecule has 0 fully saturated rings. The number of hydrogen-bond acceptors (Lipinski definition) is 4. The minimum absolute atomic E-state index is 0.184. The number of likely N-dealkylation sites (N-methyl/N-ethyl adjacent to an activating group) is 1. The number of hydrogen-bond donors (Lipinski definition) is 2. The Balaban J connectivity index is 2.09. The third kappa shape index (κ3) is 7.52. The number of benzene rings is 1. The van der Waals surface area contributed by atoms with Crippen LogP contribution in [0.2, 0.25) is 0 Å². The number of ether oxygens (including phenoxy) is 1. The molecule has 2 N–H and O–H groups in total. The zero-order valence-electron chi connectivity index (χ0n) is 13.0. The summed E-state index contributed by atoms with van der Waals surface area (Å²) in [6.45, 7) is 9.01. The molecule has 0 aromatic heterocycles. The summed E-state index contributed by atoms with van der Waals surface area (Å²) in [5.41, 5.74) is 0.513. The highest BCUT2D eigenvalue weighted by atomic mass is 19.1. The maximum atomic E-state index is 13.3. The highest BCUT2D eigenvalue weighted by Crippen LogP contribution is 2.07. The van der Waals surface area contributed by atoms with Gasteiger partial charge in [0.25, 0.3) is 0 Å². The first kappa shape index (κ1) is 18.0. The molecule has 1 aromatic rings. The average Bonchev–Trinajstić information content (AvgIpc) is 2.49. The molecule has 4 nitrogen and oxygen atoms in total. The Kier molecular flexibility index (Phi) is 9.17. The van der Waals surface area contributed by atoms with E-state index in [-0.39, 0.29) is 19.0 Å². The minimum atomic E-state index is -0.575. The molecular weight excluding hydrogens is 271 g/mol. The van der Waals surface area contributed by atoms with Crippen molar-refractivity contribution in [2.75, 3.05) is 39.3 Å². The van der Waals surface area contributed by atoms with Gasteiger partial charge < -0.3 is 20.1 Å². The van der Waals surface area contributed by atoms with Crippen molar-refractivity contribution in [2.24, 2.45) is 0 Å². The van der Waals surface area contributed by atoms with Crippen molar-refractivity contribution in [1.29, 1.82) is 0 Å². The number of aliphatic hydroxyl groups is 1. The monoisotopic (exact) mass is 298 g/mol. The van der Waals surface area contributed by atoms with E-state index in [0.717, 1.165) is 26.2 Å². The van der Waals surface area contributed by atoms with Crippen molar-refractivity contribution in [3.05, 3.63) is 35.6 Å². The van der Waals surface area contributed by atoms with E-state index in [0.29, 0.717) is 12.1 Å². The second-order valence-corrected chi connectivity index (χ2v) is 4.99. The molecule has 120 valence electrons. The molecule has 0 saturated heterocycles. The molecule has 0 aliphatic heterocycles. The van der Waals surface area contributed by atoms with E-state index in [2.05, 4.69) is 24.1 Å². The number of halogens is 1. The predicted molar refractivity (Wildman–Crippen MR) is 82.7 cm³/mol. The highest BCUT2D eigenvalue weighted by Gasteiger charge is 2.06. The van der Waals surface area contributed by atoms with Gasteiger partial charge in [0.15, 0.2) is 0 Å². The van der Waals surface area contributed by atoms with E-state index in [9.17, 15) is 9.50 Å². The Morgan fingerprint density at radius 1 is 1.29 bits per heavy atom. The van der Waals surface area contributed by atoms with Gasteiger partial charge in [-0.05, 0) is 19.2 Å². The third-order valence-corrected chi connectivity index (χ3v) is 3.40. The van der Waals surface area contributed by atoms with Crippen LogP contribution in [0.5, 0.6) is 0 Å². The van der Waals surface area contributed by atoms with Crippen molar-refractivity contribution >= 4 is 0 Å². The van der Waals surface area contributed by atoms with Gasteiger partial charge in [0.05, 0.1) is 19.3 Å². The number of aliphatic hydroxyl groups excluding tert-OH is 1. The predicted octanol–water partition coefficient (Wildman–Crippen LogP) is 1.63. The summed E-state index contributed by atoms with van der Waals surface area (Å²) in [6.07, 6.45) is -0.575. The maximum absolute atomic E-state index is 13.3. The molecule has 0 amide bonds.